The molecule has 4 unspecified atom stereocenters. The largest absolute Gasteiger partial charge is 0.326 e. The Hall–Kier alpha value is -0.380. The van der Waals surface area contributed by atoms with Gasteiger partial charge < -0.3 is 5.73 Å². The highest BCUT2D eigenvalue weighted by atomic mass is 32.1. The summed E-state index contributed by atoms with van der Waals surface area (Å²) in [5, 5.41) is 2.21. The van der Waals surface area contributed by atoms with Crippen molar-refractivity contribution in [3.8, 4) is 0 Å². The van der Waals surface area contributed by atoms with Crippen molar-refractivity contribution in [1.82, 2.24) is 4.90 Å². The van der Waals surface area contributed by atoms with E-state index in [4.69, 9.17) is 5.73 Å². The van der Waals surface area contributed by atoms with Gasteiger partial charge in [0.1, 0.15) is 0 Å². The van der Waals surface area contributed by atoms with Gasteiger partial charge >= 0.3 is 0 Å². The SMILES string of the molecule is CCC(N)C(c1sccc1C)N1CCC(C)CC1C. The Bertz CT molecular complexity index is 401. The third kappa shape index (κ3) is 3.21. The van der Waals surface area contributed by atoms with Crippen molar-refractivity contribution in [2.75, 3.05) is 6.54 Å². The smallest absolute Gasteiger partial charge is 0.0598 e. The molecule has 2 heterocycles. The molecule has 0 saturated carbocycles. The van der Waals surface area contributed by atoms with Crippen molar-refractivity contribution in [3.05, 3.63) is 21.9 Å². The number of hydrogen-bond donors (Lipinski definition) is 1. The minimum absolute atomic E-state index is 0.244. The molecule has 1 aliphatic heterocycles. The Kier molecular flexibility index (Phi) is 5.04. The minimum Gasteiger partial charge on any atom is -0.326 e. The second-order valence-corrected chi connectivity index (χ2v) is 7.15. The maximum absolute atomic E-state index is 6.47. The van der Waals surface area contributed by atoms with Gasteiger partial charge in [0.2, 0.25) is 0 Å². The van der Waals surface area contributed by atoms with E-state index >= 15 is 0 Å². The highest BCUT2D eigenvalue weighted by Crippen LogP contribution is 2.36. The van der Waals surface area contributed by atoms with E-state index in [1.807, 2.05) is 11.3 Å². The van der Waals surface area contributed by atoms with E-state index in [0.29, 0.717) is 12.1 Å². The highest BCUT2D eigenvalue weighted by Gasteiger charge is 2.33. The number of piperidine rings is 1. The zero-order valence-corrected chi connectivity index (χ0v) is 13.5. The van der Waals surface area contributed by atoms with Gasteiger partial charge in [0.15, 0.2) is 0 Å². The van der Waals surface area contributed by atoms with E-state index in [1.54, 1.807) is 0 Å². The molecule has 4 atom stereocenters. The van der Waals surface area contributed by atoms with Crippen molar-refractivity contribution in [2.24, 2.45) is 11.7 Å². The molecule has 1 aromatic heterocycles. The molecule has 3 heteroatoms. The first-order valence-corrected chi connectivity index (χ1v) is 8.47. The number of rotatable bonds is 4. The standard InChI is InChI=1S/C16H28N2S/c1-5-14(17)15(16-12(3)7-9-19-16)18-8-6-11(2)10-13(18)4/h7,9,11,13-15H,5-6,8,10,17H2,1-4H3. The molecule has 0 aromatic carbocycles. The summed E-state index contributed by atoms with van der Waals surface area (Å²) in [6.07, 6.45) is 3.65. The molecule has 19 heavy (non-hydrogen) atoms. The molecule has 2 N–H and O–H groups in total. The molecular formula is C16H28N2S. The van der Waals surface area contributed by atoms with Gasteiger partial charge in [-0.3, -0.25) is 4.90 Å². The monoisotopic (exact) mass is 280 g/mol. The molecular weight excluding hydrogens is 252 g/mol. The number of likely N-dealkylation sites (tertiary alicyclic amines) is 1. The van der Waals surface area contributed by atoms with Crippen LogP contribution >= 0.6 is 11.3 Å². The Morgan fingerprint density at radius 1 is 1.47 bits per heavy atom. The first kappa shape index (κ1) is 15.0. The zero-order valence-electron chi connectivity index (χ0n) is 12.7. The fraction of sp³-hybridized carbons (Fsp3) is 0.750. The summed E-state index contributed by atoms with van der Waals surface area (Å²) in [6, 6.07) is 3.53. The molecule has 0 aliphatic carbocycles. The van der Waals surface area contributed by atoms with Crippen molar-refractivity contribution in [3.63, 3.8) is 0 Å². The second-order valence-electron chi connectivity index (χ2n) is 6.20. The summed E-state index contributed by atoms with van der Waals surface area (Å²) < 4.78 is 0. The van der Waals surface area contributed by atoms with Crippen molar-refractivity contribution >= 4 is 11.3 Å². The van der Waals surface area contributed by atoms with Crippen molar-refractivity contribution in [1.29, 1.82) is 0 Å². The molecule has 0 bridgehead atoms. The number of thiophene rings is 1. The number of nitrogens with two attached hydrogens (primary N) is 1. The third-order valence-electron chi connectivity index (χ3n) is 4.59. The maximum Gasteiger partial charge on any atom is 0.0598 e. The average Bonchev–Trinajstić information content (AvgIpc) is 2.78. The van der Waals surface area contributed by atoms with E-state index in [0.717, 1.165) is 12.3 Å². The van der Waals surface area contributed by atoms with Crippen LogP contribution in [0, 0.1) is 12.8 Å². The van der Waals surface area contributed by atoms with Crippen LogP contribution in [-0.2, 0) is 0 Å². The molecule has 0 spiro atoms. The van der Waals surface area contributed by atoms with Gasteiger partial charge in [0.25, 0.3) is 0 Å². The summed E-state index contributed by atoms with van der Waals surface area (Å²) >= 11 is 1.88. The average molecular weight is 280 g/mol. The normalized spacial score (nSPS) is 28.3. The number of hydrogen-bond acceptors (Lipinski definition) is 3. The molecule has 1 fully saturated rings. The van der Waals surface area contributed by atoms with E-state index < -0.39 is 0 Å². The van der Waals surface area contributed by atoms with E-state index in [2.05, 4.69) is 44.0 Å². The van der Waals surface area contributed by atoms with Gasteiger partial charge in [0, 0.05) is 17.0 Å². The van der Waals surface area contributed by atoms with Crippen LogP contribution in [0.15, 0.2) is 11.4 Å². The molecule has 1 aromatic rings. The van der Waals surface area contributed by atoms with E-state index in [-0.39, 0.29) is 6.04 Å². The summed E-state index contributed by atoms with van der Waals surface area (Å²) in [6.45, 7) is 10.4. The molecule has 0 amide bonds. The van der Waals surface area contributed by atoms with Crippen LogP contribution in [0.4, 0.5) is 0 Å². The second kappa shape index (κ2) is 6.38. The lowest BCUT2D eigenvalue weighted by Crippen LogP contribution is -2.48. The lowest BCUT2D eigenvalue weighted by atomic mass is 9.89. The van der Waals surface area contributed by atoms with Gasteiger partial charge in [-0.15, -0.1) is 11.3 Å². The predicted molar refractivity (Wildman–Crippen MR) is 84.6 cm³/mol. The van der Waals surface area contributed by atoms with Crippen LogP contribution < -0.4 is 5.73 Å². The molecule has 0 radical (unpaired) electrons. The Morgan fingerprint density at radius 2 is 2.21 bits per heavy atom. The zero-order chi connectivity index (χ0) is 14.0. The van der Waals surface area contributed by atoms with Crippen LogP contribution in [0.5, 0.6) is 0 Å². The molecule has 2 nitrogen and oxygen atoms in total. The lowest BCUT2D eigenvalue weighted by Gasteiger charge is -2.43. The van der Waals surface area contributed by atoms with Crippen LogP contribution in [0.25, 0.3) is 0 Å². The quantitative estimate of drug-likeness (QED) is 0.904. The Labute approximate surface area is 122 Å². The first-order chi connectivity index (χ1) is 9.04. The molecule has 1 aliphatic rings. The minimum atomic E-state index is 0.244. The van der Waals surface area contributed by atoms with Crippen LogP contribution in [0.1, 0.15) is 56.5 Å². The van der Waals surface area contributed by atoms with Crippen molar-refractivity contribution < 1.29 is 0 Å². The third-order valence-corrected chi connectivity index (χ3v) is 5.68. The lowest BCUT2D eigenvalue weighted by molar-refractivity contribution is 0.0687. The van der Waals surface area contributed by atoms with Gasteiger partial charge in [-0.1, -0.05) is 13.8 Å². The fourth-order valence-electron chi connectivity index (χ4n) is 3.34. The van der Waals surface area contributed by atoms with Crippen molar-refractivity contribution in [2.45, 2.75) is 65.1 Å². The summed E-state index contributed by atoms with van der Waals surface area (Å²) in [4.78, 5) is 4.14. The van der Waals surface area contributed by atoms with Crippen LogP contribution in [-0.4, -0.2) is 23.5 Å². The van der Waals surface area contributed by atoms with E-state index in [9.17, 15) is 0 Å². The Balaban J connectivity index is 2.26. The summed E-state index contributed by atoms with van der Waals surface area (Å²) in [5.41, 5.74) is 7.88. The van der Waals surface area contributed by atoms with Gasteiger partial charge in [-0.2, -0.15) is 0 Å². The highest BCUT2D eigenvalue weighted by molar-refractivity contribution is 7.10. The van der Waals surface area contributed by atoms with Gasteiger partial charge in [0.05, 0.1) is 6.04 Å². The topological polar surface area (TPSA) is 29.3 Å². The van der Waals surface area contributed by atoms with E-state index in [1.165, 1.54) is 29.8 Å². The first-order valence-electron chi connectivity index (χ1n) is 7.59. The number of nitrogens with zero attached hydrogens (tertiary/aromatic N) is 1. The molecule has 108 valence electrons. The van der Waals surface area contributed by atoms with Crippen LogP contribution in [0.3, 0.4) is 0 Å². The Morgan fingerprint density at radius 3 is 2.74 bits per heavy atom. The molecule has 2 rings (SSSR count). The summed E-state index contributed by atoms with van der Waals surface area (Å²) in [7, 11) is 0. The predicted octanol–water partition coefficient (Wildman–Crippen LogP) is 3.96. The number of aryl methyl sites for hydroxylation is 1. The fourth-order valence-corrected chi connectivity index (χ4v) is 4.46. The maximum atomic E-state index is 6.47. The van der Waals surface area contributed by atoms with Crippen LogP contribution in [0.2, 0.25) is 0 Å². The van der Waals surface area contributed by atoms with Gasteiger partial charge in [-0.25, -0.2) is 0 Å². The van der Waals surface area contributed by atoms with Gasteiger partial charge in [-0.05, 0) is 62.6 Å². The molecule has 1 saturated heterocycles. The summed E-state index contributed by atoms with van der Waals surface area (Å²) in [5.74, 6) is 0.856.